The van der Waals surface area contributed by atoms with Crippen molar-refractivity contribution in [3.63, 3.8) is 0 Å². The maximum Gasteiger partial charge on any atom is 0.124 e. The molecule has 0 saturated carbocycles. The first-order valence-electron chi connectivity index (χ1n) is 5.08. The van der Waals surface area contributed by atoms with Crippen LogP contribution in [0.4, 0.5) is 4.39 Å². The van der Waals surface area contributed by atoms with E-state index in [9.17, 15) is 4.39 Å². The van der Waals surface area contributed by atoms with Gasteiger partial charge in [0, 0.05) is 10.9 Å². The Labute approximate surface area is 106 Å². The van der Waals surface area contributed by atoms with E-state index in [2.05, 4.69) is 4.98 Å². The highest BCUT2D eigenvalue weighted by atomic mass is 32.1. The van der Waals surface area contributed by atoms with Crippen molar-refractivity contribution in [1.29, 1.82) is 0 Å². The molecule has 0 N–H and O–H groups in total. The van der Waals surface area contributed by atoms with Gasteiger partial charge < -0.3 is 0 Å². The van der Waals surface area contributed by atoms with Crippen molar-refractivity contribution in [2.75, 3.05) is 0 Å². The van der Waals surface area contributed by atoms with E-state index in [4.69, 9.17) is 0 Å². The van der Waals surface area contributed by atoms with Gasteiger partial charge in [0.15, 0.2) is 0 Å². The summed E-state index contributed by atoms with van der Waals surface area (Å²) in [5.74, 6) is -0.227. The van der Waals surface area contributed by atoms with Crippen LogP contribution >= 0.6 is 22.7 Å². The number of nitrogens with zero attached hydrogens (tertiary/aromatic N) is 1. The average Bonchev–Trinajstić information content (AvgIpc) is 3.00. The van der Waals surface area contributed by atoms with Crippen LogP contribution in [-0.4, -0.2) is 4.98 Å². The summed E-state index contributed by atoms with van der Waals surface area (Å²) in [6.45, 7) is 0. The van der Waals surface area contributed by atoms with E-state index < -0.39 is 0 Å². The molecule has 1 nitrogen and oxygen atoms in total. The topological polar surface area (TPSA) is 12.9 Å². The maximum atomic E-state index is 13.1. The molecule has 0 fully saturated rings. The van der Waals surface area contributed by atoms with Gasteiger partial charge in [-0.25, -0.2) is 9.37 Å². The van der Waals surface area contributed by atoms with Crippen molar-refractivity contribution in [1.82, 2.24) is 4.98 Å². The molecule has 3 aromatic rings. The molecule has 0 amide bonds. The van der Waals surface area contributed by atoms with Crippen molar-refractivity contribution < 1.29 is 4.39 Å². The van der Waals surface area contributed by atoms with Gasteiger partial charge in [0.1, 0.15) is 10.8 Å². The lowest BCUT2D eigenvalue weighted by Gasteiger charge is -1.95. The molecule has 1 aromatic carbocycles. The van der Waals surface area contributed by atoms with Crippen LogP contribution in [0.1, 0.15) is 0 Å². The molecule has 84 valence electrons. The van der Waals surface area contributed by atoms with Crippen LogP contribution in [0.5, 0.6) is 0 Å². The van der Waals surface area contributed by atoms with Crippen LogP contribution in [0.3, 0.4) is 0 Å². The third-order valence-corrected chi connectivity index (χ3v) is 4.13. The van der Waals surface area contributed by atoms with Gasteiger partial charge in [-0.1, -0.05) is 18.2 Å². The third kappa shape index (κ3) is 2.14. The molecule has 2 heterocycles. The van der Waals surface area contributed by atoms with Crippen LogP contribution < -0.4 is 0 Å². The second kappa shape index (κ2) is 4.39. The number of hydrogen-bond acceptors (Lipinski definition) is 3. The Balaban J connectivity index is 2.01. The number of aromatic nitrogens is 1. The smallest absolute Gasteiger partial charge is 0.124 e. The molecule has 0 spiro atoms. The summed E-state index contributed by atoms with van der Waals surface area (Å²) in [5.41, 5.74) is 1.79. The number of thiazole rings is 1. The third-order valence-electron chi connectivity index (χ3n) is 2.35. The Morgan fingerprint density at radius 2 is 2.00 bits per heavy atom. The first-order valence-corrected chi connectivity index (χ1v) is 6.84. The summed E-state index contributed by atoms with van der Waals surface area (Å²) in [5, 5.41) is 4.88. The van der Waals surface area contributed by atoms with Crippen LogP contribution in [0, 0.1) is 5.82 Å². The van der Waals surface area contributed by atoms with Crippen LogP contribution in [-0.2, 0) is 0 Å². The summed E-state index contributed by atoms with van der Waals surface area (Å²) < 4.78 is 13.1. The molecule has 0 atom stereocenters. The average molecular weight is 261 g/mol. The molecule has 0 saturated heterocycles. The second-order valence-corrected chi connectivity index (χ2v) is 5.33. The predicted molar refractivity (Wildman–Crippen MR) is 70.8 cm³/mol. The molecule has 0 aliphatic heterocycles. The van der Waals surface area contributed by atoms with E-state index in [0.29, 0.717) is 0 Å². The van der Waals surface area contributed by atoms with Gasteiger partial charge in [-0.05, 0) is 23.6 Å². The molecule has 4 heteroatoms. The molecule has 0 aliphatic rings. The number of halogens is 1. The fraction of sp³-hybridized carbons (Fsp3) is 0. The molecule has 0 bridgehead atoms. The van der Waals surface area contributed by atoms with E-state index in [1.54, 1.807) is 17.4 Å². The van der Waals surface area contributed by atoms with Gasteiger partial charge in [0.05, 0.1) is 10.6 Å². The lowest BCUT2D eigenvalue weighted by Crippen LogP contribution is -1.79. The predicted octanol–water partition coefficient (Wildman–Crippen LogP) is 4.68. The second-order valence-electron chi connectivity index (χ2n) is 3.53. The van der Waals surface area contributed by atoms with Crippen LogP contribution in [0.25, 0.3) is 21.1 Å². The summed E-state index contributed by atoms with van der Waals surface area (Å²) >= 11 is 3.20. The van der Waals surface area contributed by atoms with Gasteiger partial charge in [-0.2, -0.15) is 0 Å². The molecular formula is C13H8FNS2. The Hall–Kier alpha value is -1.52. The molecule has 0 radical (unpaired) electrons. The normalized spacial score (nSPS) is 10.6. The van der Waals surface area contributed by atoms with Crippen molar-refractivity contribution in [2.45, 2.75) is 0 Å². The molecule has 17 heavy (non-hydrogen) atoms. The zero-order chi connectivity index (χ0) is 11.7. The van der Waals surface area contributed by atoms with Gasteiger partial charge in [0.25, 0.3) is 0 Å². The van der Waals surface area contributed by atoms with Gasteiger partial charge in [0.2, 0.25) is 0 Å². The summed E-state index contributed by atoms with van der Waals surface area (Å²) in [7, 11) is 0. The fourth-order valence-corrected chi connectivity index (χ4v) is 3.14. The minimum Gasteiger partial charge on any atom is -0.235 e. The van der Waals surface area contributed by atoms with E-state index in [0.717, 1.165) is 21.1 Å². The Morgan fingerprint density at radius 3 is 2.76 bits per heavy atom. The zero-order valence-electron chi connectivity index (χ0n) is 8.76. The van der Waals surface area contributed by atoms with E-state index in [1.165, 1.54) is 23.5 Å². The monoisotopic (exact) mass is 261 g/mol. The first kappa shape index (κ1) is 10.6. The highest BCUT2D eigenvalue weighted by molar-refractivity contribution is 7.15. The summed E-state index contributed by atoms with van der Waals surface area (Å²) in [6, 6.07) is 10.6. The van der Waals surface area contributed by atoms with Crippen molar-refractivity contribution in [2.24, 2.45) is 0 Å². The number of thiophene rings is 1. The van der Waals surface area contributed by atoms with Gasteiger partial charge >= 0.3 is 0 Å². The molecule has 0 unspecified atom stereocenters. The summed E-state index contributed by atoms with van der Waals surface area (Å²) in [6.07, 6.45) is 0. The Morgan fingerprint density at radius 1 is 1.06 bits per heavy atom. The Kier molecular flexibility index (Phi) is 2.74. The minimum absolute atomic E-state index is 0.227. The minimum atomic E-state index is -0.227. The van der Waals surface area contributed by atoms with Crippen molar-refractivity contribution >= 4 is 22.7 Å². The molecular weight excluding hydrogens is 253 g/mol. The lowest BCUT2D eigenvalue weighted by atomic mass is 10.2. The van der Waals surface area contributed by atoms with E-state index >= 15 is 0 Å². The maximum absolute atomic E-state index is 13.1. The molecule has 3 rings (SSSR count). The SMILES string of the molecule is Fc1cccc(-c2nc(-c3cccs3)cs2)c1. The van der Waals surface area contributed by atoms with Gasteiger partial charge in [-0.15, -0.1) is 22.7 Å². The fourth-order valence-electron chi connectivity index (χ4n) is 1.57. The zero-order valence-corrected chi connectivity index (χ0v) is 10.4. The summed E-state index contributed by atoms with van der Waals surface area (Å²) in [4.78, 5) is 5.67. The first-order chi connectivity index (χ1) is 8.33. The number of benzene rings is 1. The van der Waals surface area contributed by atoms with Crippen LogP contribution in [0.15, 0.2) is 47.2 Å². The van der Waals surface area contributed by atoms with E-state index in [1.807, 2.05) is 29.0 Å². The highest BCUT2D eigenvalue weighted by Crippen LogP contribution is 2.31. The lowest BCUT2D eigenvalue weighted by molar-refractivity contribution is 0.628. The van der Waals surface area contributed by atoms with Gasteiger partial charge in [-0.3, -0.25) is 0 Å². The highest BCUT2D eigenvalue weighted by Gasteiger charge is 2.07. The molecule has 2 aromatic heterocycles. The number of rotatable bonds is 2. The van der Waals surface area contributed by atoms with Crippen LogP contribution in [0.2, 0.25) is 0 Å². The largest absolute Gasteiger partial charge is 0.235 e. The van der Waals surface area contributed by atoms with Crippen molar-refractivity contribution in [3.8, 4) is 21.1 Å². The van der Waals surface area contributed by atoms with E-state index in [-0.39, 0.29) is 5.82 Å². The van der Waals surface area contributed by atoms with Crippen molar-refractivity contribution in [3.05, 3.63) is 53.0 Å². The molecule has 0 aliphatic carbocycles. The number of hydrogen-bond donors (Lipinski definition) is 0. The Bertz CT molecular complexity index is 628. The standard InChI is InChI=1S/C13H8FNS2/c14-10-4-1-3-9(7-10)13-15-11(8-17-13)12-5-2-6-16-12/h1-8H. The quantitative estimate of drug-likeness (QED) is 0.653.